The molecule has 3 atom stereocenters. The van der Waals surface area contributed by atoms with Gasteiger partial charge in [0.05, 0.1) is 6.04 Å². The molecule has 1 aliphatic heterocycles. The number of carbonyl (C=O) groups excluding carboxylic acids is 4. The third-order valence-corrected chi connectivity index (χ3v) is 6.68. The number of nitrogens with one attached hydrogen (secondary N) is 2. The fourth-order valence-corrected chi connectivity index (χ4v) is 4.48. The maximum atomic E-state index is 13.5. The van der Waals surface area contributed by atoms with E-state index < -0.39 is 53.7 Å². The van der Waals surface area contributed by atoms with Crippen molar-refractivity contribution in [2.45, 2.75) is 64.8 Å². The Bertz CT molecular complexity index is 1200. The van der Waals surface area contributed by atoms with Crippen LogP contribution in [0.4, 0.5) is 13.2 Å². The van der Waals surface area contributed by atoms with Gasteiger partial charge in [0, 0.05) is 12.1 Å². The van der Waals surface area contributed by atoms with Crippen molar-refractivity contribution in [3.05, 3.63) is 60.2 Å². The highest BCUT2D eigenvalue weighted by Gasteiger charge is 2.46. The quantitative estimate of drug-likeness (QED) is 0.445. The first-order valence-electron chi connectivity index (χ1n) is 13.1. The number of amides is 3. The molecule has 0 spiro atoms. The number of ether oxygens (including phenoxy) is 1. The number of hydrogen-bond donors (Lipinski definition) is 2. The van der Waals surface area contributed by atoms with Crippen LogP contribution >= 0.6 is 0 Å². The van der Waals surface area contributed by atoms with Crippen LogP contribution in [0, 0.1) is 11.8 Å². The van der Waals surface area contributed by atoms with E-state index in [-0.39, 0.29) is 18.9 Å². The van der Waals surface area contributed by atoms with E-state index in [1.807, 2.05) is 18.2 Å². The van der Waals surface area contributed by atoms with Gasteiger partial charge in [-0.2, -0.15) is 13.2 Å². The van der Waals surface area contributed by atoms with Gasteiger partial charge in [0.15, 0.2) is 0 Å². The smallest absolute Gasteiger partial charge is 0.452 e. The van der Waals surface area contributed by atoms with Crippen molar-refractivity contribution in [2.24, 2.45) is 11.8 Å². The summed E-state index contributed by atoms with van der Waals surface area (Å²) < 4.78 is 44.9. The Morgan fingerprint density at radius 1 is 0.850 bits per heavy atom. The average Bonchev–Trinajstić information content (AvgIpc) is 3.40. The molecule has 0 saturated carbocycles. The summed E-state index contributed by atoms with van der Waals surface area (Å²) in [5, 5.41) is 4.94. The van der Waals surface area contributed by atoms with E-state index >= 15 is 0 Å². The maximum Gasteiger partial charge on any atom is 0.452 e. The number of rotatable bonds is 10. The van der Waals surface area contributed by atoms with E-state index in [2.05, 4.69) is 10.6 Å². The molecule has 216 valence electrons. The van der Waals surface area contributed by atoms with Gasteiger partial charge in [-0.1, -0.05) is 45.9 Å². The van der Waals surface area contributed by atoms with Gasteiger partial charge in [-0.15, -0.1) is 0 Å². The molecule has 40 heavy (non-hydrogen) atoms. The van der Waals surface area contributed by atoms with Crippen LogP contribution in [0.5, 0.6) is 11.5 Å². The lowest BCUT2D eigenvalue weighted by Gasteiger charge is -2.32. The highest BCUT2D eigenvalue weighted by molar-refractivity contribution is 5.99. The number of halogens is 3. The summed E-state index contributed by atoms with van der Waals surface area (Å²) in [6, 6.07) is 11.7. The van der Waals surface area contributed by atoms with Crippen LogP contribution in [-0.4, -0.2) is 59.3 Å². The van der Waals surface area contributed by atoms with Crippen molar-refractivity contribution in [3.8, 4) is 11.5 Å². The van der Waals surface area contributed by atoms with Crippen LogP contribution in [0.2, 0.25) is 0 Å². The molecular formula is C29H34F3N3O5. The van der Waals surface area contributed by atoms with Gasteiger partial charge in [-0.25, -0.2) is 0 Å². The molecule has 0 aliphatic carbocycles. The predicted octanol–water partition coefficient (Wildman–Crippen LogP) is 4.50. The molecule has 11 heteroatoms. The van der Waals surface area contributed by atoms with Gasteiger partial charge in [0.1, 0.15) is 23.6 Å². The number of benzene rings is 2. The topological polar surface area (TPSA) is 105 Å². The zero-order chi connectivity index (χ0) is 29.6. The van der Waals surface area contributed by atoms with Crippen LogP contribution in [0.1, 0.15) is 50.9 Å². The fraction of sp³-hybridized carbons (Fsp3) is 0.448. The molecule has 2 unspecified atom stereocenters. The lowest BCUT2D eigenvalue weighted by Crippen LogP contribution is -2.58. The standard InChI is InChI=1S/C29H34F3N3O5/c1-17(2)23(25(36)29(30,31)32)33-27(38)22-11-8-16-35(22)28(39)24(18(3)4)34-26(37)19-12-14-21(15-13-19)40-20-9-6-5-7-10-20/h5-7,9-10,12-15,17-18,22-24H,8,11,16H2,1-4H3,(H,33,38)(H,34,37)/t22?,23?,24-/m0/s1. The number of para-hydroxylation sites is 1. The number of carbonyl (C=O) groups is 4. The monoisotopic (exact) mass is 561 g/mol. The Labute approximate surface area is 231 Å². The van der Waals surface area contributed by atoms with Crippen molar-refractivity contribution in [3.63, 3.8) is 0 Å². The molecule has 1 saturated heterocycles. The molecule has 2 N–H and O–H groups in total. The first kappa shape index (κ1) is 30.6. The number of nitrogens with zero attached hydrogens (tertiary/aromatic N) is 1. The van der Waals surface area contributed by atoms with E-state index in [9.17, 15) is 32.3 Å². The van der Waals surface area contributed by atoms with Crippen LogP contribution < -0.4 is 15.4 Å². The third kappa shape index (κ3) is 7.61. The molecule has 3 amide bonds. The molecule has 8 nitrogen and oxygen atoms in total. The molecule has 0 bridgehead atoms. The molecule has 1 heterocycles. The number of Topliss-reactive ketones (excluding diaryl/α,β-unsaturated/α-hetero) is 1. The minimum Gasteiger partial charge on any atom is -0.457 e. The Hall–Kier alpha value is -3.89. The van der Waals surface area contributed by atoms with Crippen molar-refractivity contribution in [1.29, 1.82) is 0 Å². The summed E-state index contributed by atoms with van der Waals surface area (Å²) in [5.41, 5.74) is 0.292. The zero-order valence-corrected chi connectivity index (χ0v) is 22.8. The summed E-state index contributed by atoms with van der Waals surface area (Å²) in [6.45, 7) is 6.47. The van der Waals surface area contributed by atoms with Gasteiger partial charge >= 0.3 is 6.18 Å². The van der Waals surface area contributed by atoms with Crippen LogP contribution in [0.3, 0.4) is 0 Å². The molecule has 1 aliphatic rings. The summed E-state index contributed by atoms with van der Waals surface area (Å²) in [4.78, 5) is 52.6. The van der Waals surface area contributed by atoms with Gasteiger partial charge < -0.3 is 20.3 Å². The lowest BCUT2D eigenvalue weighted by atomic mass is 9.98. The Balaban J connectivity index is 1.69. The second kappa shape index (κ2) is 13.0. The van der Waals surface area contributed by atoms with Gasteiger partial charge in [-0.3, -0.25) is 19.2 Å². The van der Waals surface area contributed by atoms with E-state index in [1.54, 1.807) is 50.2 Å². The summed E-state index contributed by atoms with van der Waals surface area (Å²) >= 11 is 0. The lowest BCUT2D eigenvalue weighted by molar-refractivity contribution is -0.175. The Morgan fingerprint density at radius 3 is 1.98 bits per heavy atom. The Kier molecular flexibility index (Phi) is 9.94. The number of hydrogen-bond acceptors (Lipinski definition) is 5. The summed E-state index contributed by atoms with van der Waals surface area (Å²) in [6.07, 6.45) is -4.43. The summed E-state index contributed by atoms with van der Waals surface area (Å²) in [7, 11) is 0. The first-order valence-corrected chi connectivity index (χ1v) is 13.1. The number of alkyl halides is 3. The molecule has 3 rings (SSSR count). The predicted molar refractivity (Wildman–Crippen MR) is 142 cm³/mol. The molecule has 0 aromatic heterocycles. The normalized spacial score (nSPS) is 16.9. The van der Waals surface area contributed by atoms with Crippen molar-refractivity contribution < 1.29 is 37.1 Å². The van der Waals surface area contributed by atoms with Crippen molar-refractivity contribution in [1.82, 2.24) is 15.5 Å². The molecule has 2 aromatic carbocycles. The van der Waals surface area contributed by atoms with E-state index in [0.717, 1.165) is 0 Å². The SMILES string of the molecule is CC(C)C(NC(=O)C1CCCN1C(=O)[C@@H](NC(=O)c1ccc(Oc2ccccc2)cc1)C(C)C)C(=O)C(F)(F)F. The van der Waals surface area contributed by atoms with E-state index in [4.69, 9.17) is 4.74 Å². The average molecular weight is 562 g/mol. The Morgan fingerprint density at radius 2 is 1.43 bits per heavy atom. The maximum absolute atomic E-state index is 13.5. The molecule has 2 aromatic rings. The molecular weight excluding hydrogens is 527 g/mol. The van der Waals surface area contributed by atoms with Gasteiger partial charge in [0.25, 0.3) is 11.7 Å². The second-order valence-electron chi connectivity index (χ2n) is 10.4. The first-order chi connectivity index (χ1) is 18.8. The largest absolute Gasteiger partial charge is 0.457 e. The fourth-order valence-electron chi connectivity index (χ4n) is 4.48. The minimum atomic E-state index is -5.10. The van der Waals surface area contributed by atoms with Crippen LogP contribution in [0.15, 0.2) is 54.6 Å². The van der Waals surface area contributed by atoms with Crippen LogP contribution in [0.25, 0.3) is 0 Å². The van der Waals surface area contributed by atoms with Gasteiger partial charge in [-0.05, 0) is 61.1 Å². The second-order valence-corrected chi connectivity index (χ2v) is 10.4. The summed E-state index contributed by atoms with van der Waals surface area (Å²) in [5.74, 6) is -3.90. The van der Waals surface area contributed by atoms with Crippen molar-refractivity contribution >= 4 is 23.5 Å². The minimum absolute atomic E-state index is 0.196. The number of likely N-dealkylation sites (tertiary alicyclic amines) is 1. The highest BCUT2D eigenvalue weighted by Crippen LogP contribution is 2.25. The molecule has 0 radical (unpaired) electrons. The zero-order valence-electron chi connectivity index (χ0n) is 22.8. The van der Waals surface area contributed by atoms with Crippen LogP contribution in [-0.2, 0) is 14.4 Å². The van der Waals surface area contributed by atoms with E-state index in [0.29, 0.717) is 23.5 Å². The van der Waals surface area contributed by atoms with Crippen molar-refractivity contribution in [2.75, 3.05) is 6.54 Å². The van der Waals surface area contributed by atoms with E-state index in [1.165, 1.54) is 18.7 Å². The molecule has 1 fully saturated rings. The highest BCUT2D eigenvalue weighted by atomic mass is 19.4. The number of ketones is 1. The van der Waals surface area contributed by atoms with Gasteiger partial charge in [0.2, 0.25) is 11.8 Å². The third-order valence-electron chi connectivity index (χ3n) is 6.68.